The highest BCUT2D eigenvalue weighted by atomic mass is 16.5. The zero-order valence-corrected chi connectivity index (χ0v) is 12.6. The van der Waals surface area contributed by atoms with Gasteiger partial charge in [0, 0.05) is 19.2 Å². The van der Waals surface area contributed by atoms with Crippen molar-refractivity contribution in [3.8, 4) is 0 Å². The van der Waals surface area contributed by atoms with E-state index < -0.39 is 0 Å². The number of ether oxygens (including phenoxy) is 1. The van der Waals surface area contributed by atoms with Gasteiger partial charge in [0.2, 0.25) is 0 Å². The van der Waals surface area contributed by atoms with Gasteiger partial charge in [0.25, 0.3) is 0 Å². The van der Waals surface area contributed by atoms with E-state index in [1.165, 1.54) is 24.8 Å². The molecule has 5 heteroatoms. The summed E-state index contributed by atoms with van der Waals surface area (Å²) in [6.45, 7) is 2.17. The third-order valence-electron chi connectivity index (χ3n) is 4.49. The van der Waals surface area contributed by atoms with Crippen LogP contribution in [0.1, 0.15) is 44.2 Å². The molecule has 3 rings (SSSR count). The third kappa shape index (κ3) is 3.19. The maximum atomic E-state index is 11.3. The summed E-state index contributed by atoms with van der Waals surface area (Å²) in [6, 6.07) is 6.83. The lowest BCUT2D eigenvalue weighted by molar-refractivity contribution is 0.0572. The van der Waals surface area contributed by atoms with Gasteiger partial charge in [-0.05, 0) is 50.3 Å². The van der Waals surface area contributed by atoms with E-state index in [2.05, 4.69) is 28.3 Å². The van der Waals surface area contributed by atoms with Gasteiger partial charge in [0.15, 0.2) is 0 Å². The summed E-state index contributed by atoms with van der Waals surface area (Å²) in [5, 5.41) is 3.69. The van der Waals surface area contributed by atoms with Gasteiger partial charge >= 0.3 is 5.69 Å². The van der Waals surface area contributed by atoms with Gasteiger partial charge < -0.3 is 20.0 Å². The van der Waals surface area contributed by atoms with Crippen LogP contribution >= 0.6 is 0 Å². The monoisotopic (exact) mass is 289 g/mol. The van der Waals surface area contributed by atoms with E-state index in [0.29, 0.717) is 12.1 Å². The van der Waals surface area contributed by atoms with Crippen LogP contribution in [0.5, 0.6) is 0 Å². The molecule has 1 heterocycles. The number of methoxy groups -OCH3 is 1. The summed E-state index contributed by atoms with van der Waals surface area (Å²) in [5.74, 6) is 0. The van der Waals surface area contributed by atoms with E-state index in [4.69, 9.17) is 4.74 Å². The van der Waals surface area contributed by atoms with Crippen molar-refractivity contribution in [2.75, 3.05) is 7.11 Å². The molecule has 114 valence electrons. The Morgan fingerprint density at radius 1 is 1.29 bits per heavy atom. The van der Waals surface area contributed by atoms with E-state index in [-0.39, 0.29) is 11.7 Å². The fourth-order valence-electron chi connectivity index (χ4n) is 3.28. The second-order valence-corrected chi connectivity index (χ2v) is 5.99. The van der Waals surface area contributed by atoms with Crippen LogP contribution in [-0.2, 0) is 4.74 Å². The van der Waals surface area contributed by atoms with E-state index in [1.54, 1.807) is 7.11 Å². The number of imidazole rings is 1. The lowest BCUT2D eigenvalue weighted by Gasteiger charge is -2.31. The van der Waals surface area contributed by atoms with Gasteiger partial charge in [-0.15, -0.1) is 0 Å². The fraction of sp³-hybridized carbons (Fsp3) is 0.562. The summed E-state index contributed by atoms with van der Waals surface area (Å²) in [4.78, 5) is 16.9. The van der Waals surface area contributed by atoms with E-state index in [0.717, 1.165) is 17.5 Å². The van der Waals surface area contributed by atoms with Crippen LogP contribution in [0.3, 0.4) is 0 Å². The molecule has 0 aliphatic heterocycles. The molecule has 21 heavy (non-hydrogen) atoms. The normalized spacial score (nSPS) is 24.3. The predicted octanol–water partition coefficient (Wildman–Crippen LogP) is 2.46. The smallest absolute Gasteiger partial charge is 0.323 e. The van der Waals surface area contributed by atoms with Gasteiger partial charge in [0.1, 0.15) is 0 Å². The first-order chi connectivity index (χ1) is 10.2. The molecule has 1 fully saturated rings. The predicted molar refractivity (Wildman–Crippen MR) is 83.5 cm³/mol. The van der Waals surface area contributed by atoms with Crippen LogP contribution in [0.4, 0.5) is 0 Å². The molecule has 3 unspecified atom stereocenters. The van der Waals surface area contributed by atoms with Crippen molar-refractivity contribution in [1.82, 2.24) is 15.3 Å². The van der Waals surface area contributed by atoms with Gasteiger partial charge in [0.05, 0.1) is 17.1 Å². The van der Waals surface area contributed by atoms with Gasteiger partial charge in [-0.25, -0.2) is 4.79 Å². The van der Waals surface area contributed by atoms with Crippen molar-refractivity contribution in [3.63, 3.8) is 0 Å². The number of rotatable bonds is 4. The van der Waals surface area contributed by atoms with E-state index in [9.17, 15) is 4.79 Å². The Labute approximate surface area is 124 Å². The largest absolute Gasteiger partial charge is 0.381 e. The zero-order valence-electron chi connectivity index (χ0n) is 12.6. The Morgan fingerprint density at radius 3 is 2.90 bits per heavy atom. The summed E-state index contributed by atoms with van der Waals surface area (Å²) < 4.78 is 5.49. The minimum Gasteiger partial charge on any atom is -0.381 e. The lowest BCUT2D eigenvalue weighted by Crippen LogP contribution is -2.38. The number of hydrogen-bond acceptors (Lipinski definition) is 3. The molecule has 0 radical (unpaired) electrons. The van der Waals surface area contributed by atoms with Crippen LogP contribution < -0.4 is 11.0 Å². The van der Waals surface area contributed by atoms with Crippen molar-refractivity contribution in [2.24, 2.45) is 0 Å². The number of fused-ring (bicyclic) bond motifs is 1. The summed E-state index contributed by atoms with van der Waals surface area (Å²) in [5.41, 5.74) is 2.76. The standard InChI is InChI=1S/C16H23N3O2/c1-10(17-12-4-3-5-13(9-12)21-2)11-6-7-14-15(8-11)19-16(20)18-14/h6-8,10,12-13,17H,3-5,9H2,1-2H3,(H2,18,19,20). The molecule has 0 amide bonds. The average molecular weight is 289 g/mol. The molecule has 1 aromatic heterocycles. The second-order valence-electron chi connectivity index (χ2n) is 5.99. The van der Waals surface area contributed by atoms with Crippen molar-refractivity contribution >= 4 is 11.0 Å². The van der Waals surface area contributed by atoms with Crippen LogP contribution in [-0.4, -0.2) is 29.2 Å². The van der Waals surface area contributed by atoms with Crippen LogP contribution in [0.2, 0.25) is 0 Å². The molecule has 5 nitrogen and oxygen atoms in total. The number of aromatic nitrogens is 2. The molecule has 1 aromatic carbocycles. The Kier molecular flexibility index (Phi) is 4.12. The van der Waals surface area contributed by atoms with Crippen molar-refractivity contribution in [2.45, 2.75) is 50.8 Å². The second kappa shape index (κ2) is 6.03. The van der Waals surface area contributed by atoms with Crippen molar-refractivity contribution < 1.29 is 4.74 Å². The SMILES string of the molecule is COC1CCCC(NC(C)c2ccc3[nH]c(=O)[nH]c3c2)C1. The van der Waals surface area contributed by atoms with Gasteiger partial charge in [-0.3, -0.25) is 0 Å². The first kappa shape index (κ1) is 14.4. The Balaban J connectivity index is 1.71. The number of aromatic amines is 2. The van der Waals surface area contributed by atoms with Gasteiger partial charge in [-0.2, -0.15) is 0 Å². The summed E-state index contributed by atoms with van der Waals surface area (Å²) in [6.07, 6.45) is 5.04. The Morgan fingerprint density at radius 2 is 2.10 bits per heavy atom. The molecular formula is C16H23N3O2. The third-order valence-corrected chi connectivity index (χ3v) is 4.49. The lowest BCUT2D eigenvalue weighted by atomic mass is 9.92. The van der Waals surface area contributed by atoms with E-state index >= 15 is 0 Å². The first-order valence-electron chi connectivity index (χ1n) is 7.66. The molecule has 0 spiro atoms. The highest BCUT2D eigenvalue weighted by molar-refractivity contribution is 5.75. The minimum absolute atomic E-state index is 0.155. The maximum absolute atomic E-state index is 11.3. The first-order valence-corrected chi connectivity index (χ1v) is 7.66. The zero-order chi connectivity index (χ0) is 14.8. The minimum atomic E-state index is -0.155. The quantitative estimate of drug-likeness (QED) is 0.810. The molecule has 0 saturated heterocycles. The van der Waals surface area contributed by atoms with Crippen molar-refractivity contribution in [1.29, 1.82) is 0 Å². The molecule has 1 saturated carbocycles. The Hall–Kier alpha value is -1.59. The average Bonchev–Trinajstić information content (AvgIpc) is 2.86. The molecule has 3 N–H and O–H groups in total. The molecular weight excluding hydrogens is 266 g/mol. The number of nitrogens with one attached hydrogen (secondary N) is 3. The molecule has 0 bridgehead atoms. The summed E-state index contributed by atoms with van der Waals surface area (Å²) >= 11 is 0. The molecule has 3 atom stereocenters. The van der Waals surface area contributed by atoms with Crippen molar-refractivity contribution in [3.05, 3.63) is 34.2 Å². The van der Waals surface area contributed by atoms with Crippen LogP contribution in [0.15, 0.2) is 23.0 Å². The highest BCUT2D eigenvalue weighted by Gasteiger charge is 2.23. The summed E-state index contributed by atoms with van der Waals surface area (Å²) in [7, 11) is 1.80. The highest BCUT2D eigenvalue weighted by Crippen LogP contribution is 2.24. The maximum Gasteiger partial charge on any atom is 0.323 e. The Bertz CT molecular complexity index is 661. The topological polar surface area (TPSA) is 69.9 Å². The van der Waals surface area contributed by atoms with E-state index in [1.807, 2.05) is 12.1 Å². The molecule has 2 aromatic rings. The fourth-order valence-corrected chi connectivity index (χ4v) is 3.28. The van der Waals surface area contributed by atoms with Gasteiger partial charge in [-0.1, -0.05) is 6.07 Å². The number of benzene rings is 1. The number of hydrogen-bond donors (Lipinski definition) is 3. The van der Waals surface area contributed by atoms with Crippen LogP contribution in [0, 0.1) is 0 Å². The van der Waals surface area contributed by atoms with Crippen LogP contribution in [0.25, 0.3) is 11.0 Å². The molecule has 1 aliphatic rings. The molecule has 1 aliphatic carbocycles. The number of H-pyrrole nitrogens is 2.